The van der Waals surface area contributed by atoms with Crippen LogP contribution >= 0.6 is 0 Å². The second-order valence-corrected chi connectivity index (χ2v) is 3.35. The average molecular weight is 256 g/mol. The lowest BCUT2D eigenvalue weighted by Gasteiger charge is -2.08. The number of hydrogen-bond acceptors (Lipinski definition) is 2. The van der Waals surface area contributed by atoms with Crippen LogP contribution in [0.3, 0.4) is 0 Å². The molecule has 0 aromatic heterocycles. The third-order valence-electron chi connectivity index (χ3n) is 2.21. The standard InChI is InChI=1S/C15H17NO2/c1-11(17)16-9-8-13-5-3-4-12-6-7-14(18-2)10-15(12)13/h3-7,10H,8-9H2,1-2H3,(H,16,17)/i1D3,2D3,3D,4D,5D,6D,7D,10D/hD. The minimum absolute atomic E-state index is 0.139. The van der Waals surface area contributed by atoms with E-state index in [0.29, 0.717) is 0 Å². The highest BCUT2D eigenvalue weighted by molar-refractivity contribution is 5.87. The Kier molecular flexibility index (Phi) is 1.23. The summed E-state index contributed by atoms with van der Waals surface area (Å²) in [4.78, 5) is 11.7. The van der Waals surface area contributed by atoms with Crippen molar-refractivity contribution in [2.45, 2.75) is 13.3 Å². The van der Waals surface area contributed by atoms with Gasteiger partial charge in [-0.05, 0) is 34.8 Å². The highest BCUT2D eigenvalue weighted by Gasteiger charge is 2.03. The number of carbonyl (C=O) groups is 1. The summed E-state index contributed by atoms with van der Waals surface area (Å²) in [6.07, 6.45) is -0.400. The van der Waals surface area contributed by atoms with E-state index in [0.717, 1.165) is 0 Å². The van der Waals surface area contributed by atoms with E-state index >= 15 is 0 Å². The van der Waals surface area contributed by atoms with Crippen LogP contribution in [0, 0.1) is 0 Å². The first kappa shape index (κ1) is 3.98. The van der Waals surface area contributed by atoms with Gasteiger partial charge in [-0.15, -0.1) is 0 Å². The molecule has 0 aliphatic rings. The summed E-state index contributed by atoms with van der Waals surface area (Å²) in [7, 11) is -3.06. The fourth-order valence-corrected chi connectivity index (χ4v) is 1.45. The number of fused-ring (bicyclic) bond motifs is 1. The molecule has 2 rings (SSSR count). The van der Waals surface area contributed by atoms with E-state index in [4.69, 9.17) is 17.9 Å². The first-order chi connectivity index (χ1) is 14.0. The fraction of sp³-hybridized carbons (Fsp3) is 0.267. The van der Waals surface area contributed by atoms with Gasteiger partial charge in [-0.25, -0.2) is 0 Å². The third kappa shape index (κ3) is 2.80. The van der Waals surface area contributed by atoms with Gasteiger partial charge in [-0.3, -0.25) is 4.79 Å². The topological polar surface area (TPSA) is 38.3 Å². The first-order valence-corrected chi connectivity index (χ1v) is 5.01. The van der Waals surface area contributed by atoms with Crippen LogP contribution in [-0.4, -0.2) is 19.5 Å². The van der Waals surface area contributed by atoms with Crippen molar-refractivity contribution in [2.75, 3.05) is 13.6 Å². The van der Waals surface area contributed by atoms with E-state index < -0.39 is 74.8 Å². The van der Waals surface area contributed by atoms with Crippen LogP contribution in [0.4, 0.5) is 0 Å². The highest BCUT2D eigenvalue weighted by atomic mass is 16.5. The van der Waals surface area contributed by atoms with Crippen LogP contribution in [-0.2, 0) is 11.2 Å². The molecule has 0 aliphatic carbocycles. The van der Waals surface area contributed by atoms with Gasteiger partial charge in [0.25, 0.3) is 0 Å². The summed E-state index contributed by atoms with van der Waals surface area (Å²) in [5.41, 5.74) is -0.180. The fourth-order valence-electron chi connectivity index (χ4n) is 1.45. The van der Waals surface area contributed by atoms with Crippen molar-refractivity contribution in [3.8, 4) is 5.75 Å². The average Bonchev–Trinajstić information content (AvgIpc) is 2.64. The Morgan fingerprint density at radius 1 is 1.50 bits per heavy atom. The smallest absolute Gasteiger partial charge is 0.216 e. The van der Waals surface area contributed by atoms with Crippen molar-refractivity contribution in [1.29, 1.82) is 0 Å². The van der Waals surface area contributed by atoms with Crippen molar-refractivity contribution in [3.05, 3.63) is 41.8 Å². The number of benzene rings is 2. The molecule has 0 atom stereocenters. The highest BCUT2D eigenvalue weighted by Crippen LogP contribution is 2.24. The minimum atomic E-state index is -3.07. The maximum Gasteiger partial charge on any atom is 0.216 e. The van der Waals surface area contributed by atoms with Gasteiger partial charge in [0, 0.05) is 17.5 Å². The number of methoxy groups -OCH3 is 1. The number of nitrogens with one attached hydrogen (secondary N) is 1. The number of rotatable bonds is 4. The molecule has 0 saturated carbocycles. The number of ether oxygens (including phenoxy) is 1. The zero-order chi connectivity index (χ0) is 24.0. The molecule has 0 aliphatic heterocycles. The van der Waals surface area contributed by atoms with E-state index in [1.165, 1.54) is 0 Å². The summed E-state index contributed by atoms with van der Waals surface area (Å²) < 4.78 is 104. The quantitative estimate of drug-likeness (QED) is 0.913. The van der Waals surface area contributed by atoms with Crippen LogP contribution in [0.2, 0.25) is 1.41 Å². The van der Waals surface area contributed by atoms with Crippen LogP contribution < -0.4 is 10.0 Å². The SMILES string of the molecule is [2H]c1c([2H])c(CCN([2H])C(=O)C([2H])([2H])[2H])c2c([2H])c(OC([2H])([2H])[2H])c([2H])c([2H])c2c1[2H]. The van der Waals surface area contributed by atoms with Gasteiger partial charge >= 0.3 is 0 Å². The van der Waals surface area contributed by atoms with Crippen molar-refractivity contribution in [1.82, 2.24) is 5.31 Å². The van der Waals surface area contributed by atoms with E-state index in [2.05, 4.69) is 4.74 Å². The number of carbonyl (C=O) groups excluding carboxylic acids is 1. The van der Waals surface area contributed by atoms with Gasteiger partial charge < -0.3 is 10.0 Å². The molecule has 94 valence electrons. The van der Waals surface area contributed by atoms with Gasteiger partial charge in [0.1, 0.15) is 5.75 Å². The Bertz CT molecular complexity index is 1040. The molecule has 18 heavy (non-hydrogen) atoms. The lowest BCUT2D eigenvalue weighted by atomic mass is 10.0. The third-order valence-corrected chi connectivity index (χ3v) is 2.21. The van der Waals surface area contributed by atoms with E-state index in [1.807, 2.05) is 0 Å². The summed E-state index contributed by atoms with van der Waals surface area (Å²) in [5.74, 6) is -2.27. The molecule has 0 unspecified atom stereocenters. The largest absolute Gasteiger partial charge is 0.497 e. The molecule has 1 N–H and O–H groups in total. The summed E-state index contributed by atoms with van der Waals surface area (Å²) in [6.45, 7) is -3.63. The second-order valence-electron chi connectivity index (χ2n) is 3.35. The maximum atomic E-state index is 11.7. The first-order valence-electron chi connectivity index (χ1n) is 11.5. The van der Waals surface area contributed by atoms with Gasteiger partial charge in [-0.1, -0.05) is 24.2 Å². The van der Waals surface area contributed by atoms with Gasteiger partial charge in [-0.2, -0.15) is 0 Å². The van der Waals surface area contributed by atoms with Crippen molar-refractivity contribution < 1.29 is 27.4 Å². The van der Waals surface area contributed by atoms with Crippen molar-refractivity contribution in [2.24, 2.45) is 0 Å². The van der Waals surface area contributed by atoms with E-state index in [9.17, 15) is 4.79 Å². The molecule has 0 spiro atoms. The van der Waals surface area contributed by atoms with E-state index in [-0.39, 0.29) is 21.6 Å². The summed E-state index contributed by atoms with van der Waals surface area (Å²) >= 11 is 0. The Hall–Kier alpha value is -2.03. The predicted molar refractivity (Wildman–Crippen MR) is 72.9 cm³/mol. The molecule has 2 aromatic rings. The zero-order valence-corrected chi connectivity index (χ0v) is 9.18. The lowest BCUT2D eigenvalue weighted by Crippen LogP contribution is -2.22. The van der Waals surface area contributed by atoms with Gasteiger partial charge in [0.2, 0.25) is 5.91 Å². The maximum absolute atomic E-state index is 11.7. The molecule has 1 amide bonds. The molecular formula is C15H17NO2. The van der Waals surface area contributed by atoms with Crippen LogP contribution in [0.25, 0.3) is 10.8 Å². The molecule has 0 fully saturated rings. The molecular weight excluding hydrogens is 226 g/mol. The normalized spacial score (nSPS) is 22.1. The van der Waals surface area contributed by atoms with Gasteiger partial charge in [0.15, 0.2) is 1.41 Å². The molecule has 0 radical (unpaired) electrons. The Morgan fingerprint density at radius 2 is 2.44 bits per heavy atom. The second kappa shape index (κ2) is 5.54. The number of amides is 1. The number of hydrogen-bond donors (Lipinski definition) is 1. The molecule has 3 heteroatoms. The van der Waals surface area contributed by atoms with E-state index in [1.54, 1.807) is 0 Å². The van der Waals surface area contributed by atoms with Crippen LogP contribution in [0.15, 0.2) is 36.3 Å². The van der Waals surface area contributed by atoms with Gasteiger partial charge in [0.05, 0.1) is 19.4 Å². The summed E-state index contributed by atoms with van der Waals surface area (Å²) in [6, 6.07) is -4.02. The summed E-state index contributed by atoms with van der Waals surface area (Å²) in [5, 5.41) is -0.524. The lowest BCUT2D eigenvalue weighted by molar-refractivity contribution is -0.118. The van der Waals surface area contributed by atoms with Crippen LogP contribution in [0.1, 0.15) is 28.9 Å². The minimum Gasteiger partial charge on any atom is -0.497 e. The zero-order valence-electron chi connectivity index (χ0n) is 22.2. The Labute approximate surface area is 125 Å². The monoisotopic (exact) mass is 256 g/mol. The Balaban J connectivity index is 2.75. The molecule has 2 aromatic carbocycles. The van der Waals surface area contributed by atoms with Crippen LogP contribution in [0.5, 0.6) is 5.75 Å². The molecule has 0 bridgehead atoms. The predicted octanol–water partition coefficient (Wildman–Crippen LogP) is 2.53. The van der Waals surface area contributed by atoms with Crippen molar-refractivity contribution in [3.63, 3.8) is 0 Å². The Morgan fingerprint density at radius 3 is 3.28 bits per heavy atom. The molecule has 0 heterocycles. The molecule has 0 saturated heterocycles. The molecule has 3 nitrogen and oxygen atoms in total. The van der Waals surface area contributed by atoms with Crippen molar-refractivity contribution >= 4 is 16.7 Å².